The fourth-order valence-electron chi connectivity index (χ4n) is 2.93. The highest BCUT2D eigenvalue weighted by molar-refractivity contribution is 8.19. The van der Waals surface area contributed by atoms with Gasteiger partial charge in [0.2, 0.25) is 0 Å². The number of nitrogens with zero attached hydrogens (tertiary/aromatic N) is 2. The molecule has 3 aromatic rings. The van der Waals surface area contributed by atoms with Crippen LogP contribution in [-0.4, -0.2) is 21.0 Å². The summed E-state index contributed by atoms with van der Waals surface area (Å²) in [6.07, 6.45) is 2.58. The second-order valence-electron chi connectivity index (χ2n) is 6.61. The predicted octanol–water partition coefficient (Wildman–Crippen LogP) is 5.75. The van der Waals surface area contributed by atoms with E-state index in [1.807, 2.05) is 55.5 Å². The highest BCUT2D eigenvalue weighted by atomic mass is 35.5. The molecule has 1 aliphatic rings. The molecular formula is C22H18ClN3O2S2. The van der Waals surface area contributed by atoms with Crippen LogP contribution in [-0.2, 0) is 17.8 Å². The van der Waals surface area contributed by atoms with E-state index >= 15 is 0 Å². The SMILES string of the molecule is CCc1nnc([C@@H]2C(=N)S/C(=C\c3ccc(OCc4ccccc4Cl)cc3)C2=O)s1. The van der Waals surface area contributed by atoms with E-state index < -0.39 is 5.92 Å². The number of hydrogen-bond donors (Lipinski definition) is 1. The summed E-state index contributed by atoms with van der Waals surface area (Å²) in [5.74, 6) is -0.00540. The first kappa shape index (κ1) is 20.8. The van der Waals surface area contributed by atoms with Gasteiger partial charge in [0.1, 0.15) is 28.3 Å². The molecule has 2 heterocycles. The van der Waals surface area contributed by atoms with Gasteiger partial charge in [-0.15, -0.1) is 21.5 Å². The lowest BCUT2D eigenvalue weighted by Crippen LogP contribution is -2.11. The van der Waals surface area contributed by atoms with Gasteiger partial charge in [-0.1, -0.05) is 60.6 Å². The number of rotatable bonds is 6. The van der Waals surface area contributed by atoms with Crippen molar-refractivity contribution in [2.75, 3.05) is 0 Å². The van der Waals surface area contributed by atoms with E-state index in [-0.39, 0.29) is 5.78 Å². The Labute approximate surface area is 187 Å². The topological polar surface area (TPSA) is 75.9 Å². The smallest absolute Gasteiger partial charge is 0.186 e. The fourth-order valence-corrected chi connectivity index (χ4v) is 5.07. The second kappa shape index (κ2) is 9.12. The first-order chi connectivity index (χ1) is 14.5. The van der Waals surface area contributed by atoms with Crippen LogP contribution in [0.25, 0.3) is 6.08 Å². The lowest BCUT2D eigenvalue weighted by atomic mass is 10.1. The molecule has 30 heavy (non-hydrogen) atoms. The molecule has 1 N–H and O–H groups in total. The van der Waals surface area contributed by atoms with Crippen molar-refractivity contribution in [2.45, 2.75) is 25.9 Å². The summed E-state index contributed by atoms with van der Waals surface area (Å²) in [6.45, 7) is 2.38. The van der Waals surface area contributed by atoms with Gasteiger partial charge in [0, 0.05) is 10.6 Å². The zero-order valence-electron chi connectivity index (χ0n) is 16.1. The van der Waals surface area contributed by atoms with Crippen molar-refractivity contribution < 1.29 is 9.53 Å². The fraction of sp³-hybridized carbons (Fsp3) is 0.182. The van der Waals surface area contributed by atoms with Crippen LogP contribution in [0.2, 0.25) is 5.02 Å². The zero-order chi connectivity index (χ0) is 21.1. The number of carbonyl (C=O) groups excluding carboxylic acids is 1. The third kappa shape index (κ3) is 4.48. The van der Waals surface area contributed by atoms with Crippen molar-refractivity contribution >= 4 is 51.6 Å². The van der Waals surface area contributed by atoms with Gasteiger partial charge in [0.05, 0.1) is 9.95 Å². The molecule has 0 aliphatic carbocycles. The van der Waals surface area contributed by atoms with Crippen LogP contribution < -0.4 is 4.74 Å². The largest absolute Gasteiger partial charge is 0.489 e. The van der Waals surface area contributed by atoms with Crippen molar-refractivity contribution in [3.63, 3.8) is 0 Å². The van der Waals surface area contributed by atoms with E-state index in [0.29, 0.717) is 32.3 Å². The van der Waals surface area contributed by atoms with Gasteiger partial charge in [0.15, 0.2) is 5.78 Å². The van der Waals surface area contributed by atoms with E-state index in [9.17, 15) is 4.79 Å². The molecule has 0 saturated carbocycles. The number of halogens is 1. The normalized spacial score (nSPS) is 17.7. The number of aromatic nitrogens is 2. The summed E-state index contributed by atoms with van der Waals surface area (Å²) in [5.41, 5.74) is 1.79. The maximum atomic E-state index is 12.8. The molecule has 1 atom stereocenters. The number of ketones is 1. The summed E-state index contributed by atoms with van der Waals surface area (Å²) in [5, 5.41) is 18.9. The summed E-state index contributed by atoms with van der Waals surface area (Å²) >= 11 is 8.75. The standard InChI is InChI=1S/C22H18ClN3O2S2/c1-2-18-25-26-22(30-18)19-20(27)17(29-21(19)24)11-13-7-9-15(10-8-13)28-12-14-5-3-4-6-16(14)23/h3-11,19,24H,2,12H2,1H3/b17-11-,24-21?/t19-/m0/s1. The summed E-state index contributed by atoms with van der Waals surface area (Å²) in [4.78, 5) is 13.4. The number of nitrogens with one attached hydrogen (secondary N) is 1. The number of carbonyl (C=O) groups is 1. The molecule has 2 aromatic carbocycles. The molecule has 1 saturated heterocycles. The van der Waals surface area contributed by atoms with Crippen LogP contribution in [0.1, 0.15) is 34.0 Å². The van der Waals surface area contributed by atoms with Gasteiger partial charge in [0.25, 0.3) is 0 Å². The van der Waals surface area contributed by atoms with Gasteiger partial charge in [-0.3, -0.25) is 10.2 Å². The van der Waals surface area contributed by atoms with Crippen molar-refractivity contribution in [3.05, 3.63) is 79.6 Å². The third-order valence-corrected chi connectivity index (χ3v) is 7.04. The van der Waals surface area contributed by atoms with Gasteiger partial charge in [-0.2, -0.15) is 0 Å². The molecule has 1 aliphatic heterocycles. The number of Topliss-reactive ketones (excluding diaryl/α,β-unsaturated/α-hetero) is 1. The zero-order valence-corrected chi connectivity index (χ0v) is 18.5. The van der Waals surface area contributed by atoms with Gasteiger partial charge in [-0.25, -0.2) is 0 Å². The first-order valence-corrected chi connectivity index (χ1v) is 11.4. The molecule has 1 aromatic heterocycles. The molecular weight excluding hydrogens is 438 g/mol. The number of benzene rings is 2. The van der Waals surface area contributed by atoms with Crippen LogP contribution >= 0.6 is 34.7 Å². The first-order valence-electron chi connectivity index (χ1n) is 9.36. The van der Waals surface area contributed by atoms with Crippen molar-refractivity contribution in [1.82, 2.24) is 10.2 Å². The Balaban J connectivity index is 1.45. The highest BCUT2D eigenvalue weighted by Gasteiger charge is 2.39. The van der Waals surface area contributed by atoms with E-state index in [1.54, 1.807) is 6.08 Å². The summed E-state index contributed by atoms with van der Waals surface area (Å²) in [6, 6.07) is 15.1. The molecule has 1 fully saturated rings. The van der Waals surface area contributed by atoms with E-state index in [0.717, 1.165) is 22.6 Å². The van der Waals surface area contributed by atoms with Crippen LogP contribution in [0.3, 0.4) is 0 Å². The molecule has 8 heteroatoms. The summed E-state index contributed by atoms with van der Waals surface area (Å²) < 4.78 is 5.80. The number of ether oxygens (including phenoxy) is 1. The Morgan fingerprint density at radius 2 is 1.93 bits per heavy atom. The van der Waals surface area contributed by atoms with Crippen molar-refractivity contribution in [2.24, 2.45) is 0 Å². The molecule has 0 unspecified atom stereocenters. The maximum absolute atomic E-state index is 12.8. The minimum Gasteiger partial charge on any atom is -0.489 e. The van der Waals surface area contributed by atoms with Gasteiger partial charge >= 0.3 is 0 Å². The van der Waals surface area contributed by atoms with Gasteiger partial charge in [-0.05, 0) is 36.3 Å². The van der Waals surface area contributed by atoms with Crippen LogP contribution in [0, 0.1) is 5.41 Å². The van der Waals surface area contributed by atoms with E-state index in [1.165, 1.54) is 23.1 Å². The monoisotopic (exact) mass is 455 g/mol. The molecule has 4 rings (SSSR count). The Bertz CT molecular complexity index is 1130. The van der Waals surface area contributed by atoms with Gasteiger partial charge < -0.3 is 4.74 Å². The number of allylic oxidation sites excluding steroid dienone is 1. The van der Waals surface area contributed by atoms with E-state index in [2.05, 4.69) is 10.2 Å². The molecule has 0 amide bonds. The average Bonchev–Trinajstić information content (AvgIpc) is 3.32. The van der Waals surface area contributed by atoms with Crippen molar-refractivity contribution in [1.29, 1.82) is 5.41 Å². The Morgan fingerprint density at radius 3 is 2.63 bits per heavy atom. The number of thioether (sulfide) groups is 1. The average molecular weight is 456 g/mol. The quantitative estimate of drug-likeness (QED) is 0.479. The molecule has 152 valence electrons. The van der Waals surface area contributed by atoms with E-state index in [4.69, 9.17) is 21.7 Å². The predicted molar refractivity (Wildman–Crippen MR) is 123 cm³/mol. The molecule has 0 radical (unpaired) electrons. The Morgan fingerprint density at radius 1 is 1.17 bits per heavy atom. The number of hydrogen-bond acceptors (Lipinski definition) is 7. The lowest BCUT2D eigenvalue weighted by Gasteiger charge is -2.08. The van der Waals surface area contributed by atoms with Crippen LogP contribution in [0.15, 0.2) is 53.4 Å². The minimum atomic E-state index is -0.628. The third-order valence-electron chi connectivity index (χ3n) is 4.55. The Hall–Kier alpha value is -2.48. The Kier molecular flexibility index (Phi) is 6.32. The lowest BCUT2D eigenvalue weighted by molar-refractivity contribution is -0.114. The van der Waals surface area contributed by atoms with Crippen molar-refractivity contribution in [3.8, 4) is 5.75 Å². The maximum Gasteiger partial charge on any atom is 0.186 e. The summed E-state index contributed by atoms with van der Waals surface area (Å²) in [7, 11) is 0. The van der Waals surface area contributed by atoms with Crippen LogP contribution in [0.4, 0.5) is 0 Å². The number of aryl methyl sites for hydroxylation is 1. The van der Waals surface area contributed by atoms with Crippen LogP contribution in [0.5, 0.6) is 5.75 Å². The molecule has 5 nitrogen and oxygen atoms in total. The minimum absolute atomic E-state index is 0.0946. The molecule has 0 spiro atoms. The second-order valence-corrected chi connectivity index (χ2v) is 9.19. The highest BCUT2D eigenvalue weighted by Crippen LogP contribution is 2.41. The molecule has 0 bridgehead atoms.